The lowest BCUT2D eigenvalue weighted by Gasteiger charge is -2.39. The summed E-state index contributed by atoms with van der Waals surface area (Å²) < 4.78 is 0. The smallest absolute Gasteiger partial charge is 0.0374 e. The molecule has 1 nitrogen and oxygen atoms in total. The summed E-state index contributed by atoms with van der Waals surface area (Å²) in [7, 11) is 0. The van der Waals surface area contributed by atoms with Gasteiger partial charge in [0, 0.05) is 11.7 Å². The largest absolute Gasteiger partial charge is 0.382 e. The number of aryl methyl sites for hydroxylation is 1. The van der Waals surface area contributed by atoms with Gasteiger partial charge in [0.1, 0.15) is 0 Å². The van der Waals surface area contributed by atoms with E-state index < -0.39 is 0 Å². The number of fused-ring (bicyclic) bond motifs is 1. The lowest BCUT2D eigenvalue weighted by Crippen LogP contribution is -2.37. The van der Waals surface area contributed by atoms with Crippen LogP contribution in [0, 0.1) is 17.8 Å². The van der Waals surface area contributed by atoms with Gasteiger partial charge in [-0.1, -0.05) is 38.5 Å². The first-order chi connectivity index (χ1) is 8.74. The molecule has 1 aliphatic heterocycles. The maximum atomic E-state index is 3.80. The first-order valence-electron chi connectivity index (χ1n) is 7.58. The van der Waals surface area contributed by atoms with Crippen LogP contribution >= 0.6 is 0 Å². The Morgan fingerprint density at radius 3 is 2.67 bits per heavy atom. The molecule has 0 amide bonds. The van der Waals surface area contributed by atoms with Crippen LogP contribution in [0.25, 0.3) is 0 Å². The molecular formula is C17H25N. The molecule has 1 aromatic carbocycles. The van der Waals surface area contributed by atoms with Crippen molar-refractivity contribution in [2.45, 2.75) is 52.0 Å². The van der Waals surface area contributed by atoms with Crippen molar-refractivity contribution in [2.24, 2.45) is 17.8 Å². The summed E-state index contributed by atoms with van der Waals surface area (Å²) in [6.45, 7) is 4.86. The topological polar surface area (TPSA) is 12.0 Å². The number of nitrogens with one attached hydrogen (secondary N) is 1. The highest BCUT2D eigenvalue weighted by Gasteiger charge is 2.31. The highest BCUT2D eigenvalue weighted by atomic mass is 14.9. The number of anilines is 1. The number of hydrogen-bond acceptors (Lipinski definition) is 1. The molecule has 98 valence electrons. The van der Waals surface area contributed by atoms with Crippen molar-refractivity contribution in [3.05, 3.63) is 29.8 Å². The van der Waals surface area contributed by atoms with E-state index in [1.54, 1.807) is 0 Å². The molecule has 0 bridgehead atoms. The Morgan fingerprint density at radius 2 is 1.83 bits per heavy atom. The SMILES string of the molecule is CC1CCC(C2CCc3ccccc3N2)CC1C. The molecule has 4 unspecified atom stereocenters. The maximum Gasteiger partial charge on any atom is 0.0374 e. The molecule has 1 heteroatoms. The van der Waals surface area contributed by atoms with Gasteiger partial charge in [-0.2, -0.15) is 0 Å². The van der Waals surface area contributed by atoms with Crippen LogP contribution in [-0.2, 0) is 6.42 Å². The van der Waals surface area contributed by atoms with Crippen LogP contribution in [-0.4, -0.2) is 6.04 Å². The minimum absolute atomic E-state index is 0.717. The van der Waals surface area contributed by atoms with E-state index in [-0.39, 0.29) is 0 Å². The second kappa shape index (κ2) is 4.95. The zero-order valence-corrected chi connectivity index (χ0v) is 11.7. The van der Waals surface area contributed by atoms with Gasteiger partial charge in [0.25, 0.3) is 0 Å². The lowest BCUT2D eigenvalue weighted by molar-refractivity contribution is 0.187. The van der Waals surface area contributed by atoms with Crippen LogP contribution < -0.4 is 5.32 Å². The van der Waals surface area contributed by atoms with Crippen LogP contribution in [0.5, 0.6) is 0 Å². The Hall–Kier alpha value is -0.980. The highest BCUT2D eigenvalue weighted by Crippen LogP contribution is 2.38. The summed E-state index contributed by atoms with van der Waals surface area (Å²) >= 11 is 0. The molecule has 1 heterocycles. The Kier molecular flexibility index (Phi) is 3.32. The van der Waals surface area contributed by atoms with Crippen molar-refractivity contribution in [3.8, 4) is 0 Å². The molecule has 1 N–H and O–H groups in total. The van der Waals surface area contributed by atoms with Gasteiger partial charge in [0.15, 0.2) is 0 Å². The molecule has 4 atom stereocenters. The third-order valence-corrected chi connectivity index (χ3v) is 5.29. The molecule has 1 aliphatic carbocycles. The van der Waals surface area contributed by atoms with E-state index in [0.29, 0.717) is 0 Å². The summed E-state index contributed by atoms with van der Waals surface area (Å²) in [5, 5.41) is 3.80. The quantitative estimate of drug-likeness (QED) is 0.766. The average Bonchev–Trinajstić information content (AvgIpc) is 2.41. The first kappa shape index (κ1) is 12.1. The molecule has 18 heavy (non-hydrogen) atoms. The van der Waals surface area contributed by atoms with Crippen LogP contribution in [0.3, 0.4) is 0 Å². The Balaban J connectivity index is 1.69. The summed E-state index contributed by atoms with van der Waals surface area (Å²) in [4.78, 5) is 0. The fraction of sp³-hybridized carbons (Fsp3) is 0.647. The van der Waals surface area contributed by atoms with Gasteiger partial charge in [0.2, 0.25) is 0 Å². The van der Waals surface area contributed by atoms with Crippen LogP contribution in [0.4, 0.5) is 5.69 Å². The zero-order chi connectivity index (χ0) is 12.5. The lowest BCUT2D eigenvalue weighted by atomic mass is 9.72. The fourth-order valence-corrected chi connectivity index (χ4v) is 3.77. The normalized spacial score (nSPS) is 35.7. The summed E-state index contributed by atoms with van der Waals surface area (Å²) in [5.74, 6) is 2.73. The summed E-state index contributed by atoms with van der Waals surface area (Å²) in [5.41, 5.74) is 2.89. The minimum Gasteiger partial charge on any atom is -0.382 e. The van der Waals surface area contributed by atoms with Crippen molar-refractivity contribution in [2.75, 3.05) is 5.32 Å². The van der Waals surface area contributed by atoms with Gasteiger partial charge >= 0.3 is 0 Å². The summed E-state index contributed by atoms with van der Waals surface area (Å²) in [6, 6.07) is 9.54. The number of para-hydroxylation sites is 1. The Labute approximate surface area is 111 Å². The van der Waals surface area contributed by atoms with Gasteiger partial charge in [-0.25, -0.2) is 0 Å². The second-order valence-corrected chi connectivity index (χ2v) is 6.47. The average molecular weight is 243 g/mol. The van der Waals surface area contributed by atoms with Crippen molar-refractivity contribution in [3.63, 3.8) is 0 Å². The van der Waals surface area contributed by atoms with Crippen molar-refractivity contribution < 1.29 is 0 Å². The van der Waals surface area contributed by atoms with Crippen molar-refractivity contribution in [1.29, 1.82) is 0 Å². The predicted octanol–water partition coefficient (Wildman–Crippen LogP) is 4.49. The van der Waals surface area contributed by atoms with Gasteiger partial charge in [0.05, 0.1) is 0 Å². The molecule has 1 fully saturated rings. The molecule has 3 rings (SSSR count). The molecular weight excluding hydrogens is 218 g/mol. The van der Waals surface area contributed by atoms with E-state index in [1.165, 1.54) is 43.4 Å². The zero-order valence-electron chi connectivity index (χ0n) is 11.7. The van der Waals surface area contributed by atoms with Gasteiger partial charge in [-0.15, -0.1) is 0 Å². The van der Waals surface area contributed by atoms with E-state index in [9.17, 15) is 0 Å². The first-order valence-corrected chi connectivity index (χ1v) is 7.58. The van der Waals surface area contributed by atoms with Gasteiger partial charge < -0.3 is 5.32 Å². The Morgan fingerprint density at radius 1 is 1.00 bits per heavy atom. The molecule has 0 radical (unpaired) electrons. The van der Waals surface area contributed by atoms with E-state index in [0.717, 1.165) is 23.8 Å². The highest BCUT2D eigenvalue weighted by molar-refractivity contribution is 5.53. The second-order valence-electron chi connectivity index (χ2n) is 6.47. The molecule has 0 spiro atoms. The minimum atomic E-state index is 0.717. The van der Waals surface area contributed by atoms with E-state index >= 15 is 0 Å². The number of hydrogen-bond donors (Lipinski definition) is 1. The van der Waals surface area contributed by atoms with Crippen LogP contribution in [0.2, 0.25) is 0 Å². The van der Waals surface area contributed by atoms with E-state index in [1.807, 2.05) is 0 Å². The monoisotopic (exact) mass is 243 g/mol. The molecule has 0 aromatic heterocycles. The summed E-state index contributed by atoms with van der Waals surface area (Å²) in [6.07, 6.45) is 6.84. The van der Waals surface area contributed by atoms with E-state index in [2.05, 4.69) is 43.4 Å². The fourth-order valence-electron chi connectivity index (χ4n) is 3.77. The maximum absolute atomic E-state index is 3.80. The standard InChI is InChI=1S/C17H25N/c1-12-7-8-15(11-13(12)2)17-10-9-14-5-3-4-6-16(14)18-17/h3-6,12-13,15,17-18H,7-11H2,1-2H3. The van der Waals surface area contributed by atoms with Gasteiger partial charge in [-0.3, -0.25) is 0 Å². The molecule has 1 aromatic rings. The third-order valence-electron chi connectivity index (χ3n) is 5.29. The molecule has 1 saturated carbocycles. The number of benzene rings is 1. The number of rotatable bonds is 1. The van der Waals surface area contributed by atoms with Crippen LogP contribution in [0.1, 0.15) is 45.1 Å². The molecule has 2 aliphatic rings. The predicted molar refractivity (Wildman–Crippen MR) is 77.8 cm³/mol. The third kappa shape index (κ3) is 2.28. The van der Waals surface area contributed by atoms with Crippen LogP contribution in [0.15, 0.2) is 24.3 Å². The van der Waals surface area contributed by atoms with E-state index in [4.69, 9.17) is 0 Å². The van der Waals surface area contributed by atoms with Crippen molar-refractivity contribution >= 4 is 5.69 Å². The van der Waals surface area contributed by atoms with Gasteiger partial charge in [-0.05, 0) is 55.1 Å². The van der Waals surface area contributed by atoms with Crippen molar-refractivity contribution in [1.82, 2.24) is 0 Å². The Bertz CT molecular complexity index is 412. The molecule has 0 saturated heterocycles.